The molecule has 0 aliphatic carbocycles. The zero-order chi connectivity index (χ0) is 13.8. The Labute approximate surface area is 119 Å². The van der Waals surface area contributed by atoms with E-state index >= 15 is 0 Å². The summed E-state index contributed by atoms with van der Waals surface area (Å²) in [7, 11) is 0. The fraction of sp³-hybridized carbons (Fsp3) is 0.667. The quantitative estimate of drug-likeness (QED) is 0.901. The van der Waals surface area contributed by atoms with Gasteiger partial charge in [0.05, 0.1) is 12.1 Å². The Hall–Kier alpha value is -0.870. The fourth-order valence-corrected chi connectivity index (χ4v) is 3.79. The molecule has 106 valence electrons. The molecule has 3 nitrogen and oxygen atoms in total. The van der Waals surface area contributed by atoms with Gasteiger partial charge in [-0.3, -0.25) is 4.79 Å². The molecule has 1 amide bonds. The largest absolute Gasteiger partial charge is 0.334 e. The Bertz CT molecular complexity index is 430. The van der Waals surface area contributed by atoms with Crippen molar-refractivity contribution in [3.63, 3.8) is 0 Å². The van der Waals surface area contributed by atoms with Gasteiger partial charge in [-0.1, -0.05) is 26.7 Å². The van der Waals surface area contributed by atoms with Crippen LogP contribution < -0.4 is 5.73 Å². The Morgan fingerprint density at radius 1 is 1.58 bits per heavy atom. The number of amides is 1. The van der Waals surface area contributed by atoms with Crippen molar-refractivity contribution < 1.29 is 4.79 Å². The number of fused-ring (bicyclic) bond motifs is 1. The topological polar surface area (TPSA) is 46.3 Å². The molecule has 0 bridgehead atoms. The molecule has 0 saturated carbocycles. The highest BCUT2D eigenvalue weighted by Crippen LogP contribution is 2.35. The standard InChI is InChI=1S/C15H24N2OS/c1-3-5-6-12(16)15(18)17-9-7-14-11(8-10-19-14)13(17)4-2/h8,10,12-13H,3-7,9,16H2,1-2H3/t12-,13?/m0/s1. The van der Waals surface area contributed by atoms with Gasteiger partial charge in [-0.25, -0.2) is 0 Å². The third-order valence-electron chi connectivity index (χ3n) is 3.95. The van der Waals surface area contributed by atoms with E-state index in [1.165, 1.54) is 10.4 Å². The van der Waals surface area contributed by atoms with Crippen LogP contribution in [-0.2, 0) is 11.2 Å². The number of nitrogens with zero attached hydrogens (tertiary/aromatic N) is 1. The van der Waals surface area contributed by atoms with Crippen molar-refractivity contribution in [2.24, 2.45) is 5.73 Å². The van der Waals surface area contributed by atoms with Gasteiger partial charge in [0.2, 0.25) is 5.91 Å². The highest BCUT2D eigenvalue weighted by Gasteiger charge is 2.32. The minimum Gasteiger partial charge on any atom is -0.334 e. The highest BCUT2D eigenvalue weighted by atomic mass is 32.1. The van der Waals surface area contributed by atoms with Crippen molar-refractivity contribution in [2.45, 2.75) is 58.0 Å². The summed E-state index contributed by atoms with van der Waals surface area (Å²) in [5.74, 6) is 0.136. The van der Waals surface area contributed by atoms with Crippen LogP contribution in [0, 0.1) is 0 Å². The van der Waals surface area contributed by atoms with Crippen molar-refractivity contribution in [3.8, 4) is 0 Å². The first-order chi connectivity index (χ1) is 9.19. The van der Waals surface area contributed by atoms with Gasteiger partial charge < -0.3 is 10.6 Å². The molecule has 0 aromatic carbocycles. The summed E-state index contributed by atoms with van der Waals surface area (Å²) in [5, 5.41) is 2.14. The molecule has 0 fully saturated rings. The van der Waals surface area contributed by atoms with Gasteiger partial charge in [-0.15, -0.1) is 11.3 Å². The van der Waals surface area contributed by atoms with Crippen LogP contribution in [0.15, 0.2) is 11.4 Å². The number of hydrogen-bond acceptors (Lipinski definition) is 3. The number of unbranched alkanes of at least 4 members (excludes halogenated alkanes) is 1. The lowest BCUT2D eigenvalue weighted by atomic mass is 9.96. The van der Waals surface area contributed by atoms with Crippen molar-refractivity contribution in [2.75, 3.05) is 6.54 Å². The van der Waals surface area contributed by atoms with Crippen molar-refractivity contribution in [1.82, 2.24) is 4.90 Å². The third-order valence-corrected chi connectivity index (χ3v) is 4.95. The average molecular weight is 280 g/mol. The molecule has 0 spiro atoms. The number of hydrogen-bond donors (Lipinski definition) is 1. The Morgan fingerprint density at radius 2 is 2.37 bits per heavy atom. The van der Waals surface area contributed by atoms with E-state index in [1.54, 1.807) is 0 Å². The summed E-state index contributed by atoms with van der Waals surface area (Å²) in [6.07, 6.45) is 4.87. The number of nitrogens with two attached hydrogens (primary N) is 1. The molecular weight excluding hydrogens is 256 g/mol. The monoisotopic (exact) mass is 280 g/mol. The molecular formula is C15H24N2OS. The van der Waals surface area contributed by atoms with Crippen LogP contribution in [0.2, 0.25) is 0 Å². The van der Waals surface area contributed by atoms with E-state index in [1.807, 2.05) is 16.2 Å². The zero-order valence-electron chi connectivity index (χ0n) is 11.9. The van der Waals surface area contributed by atoms with E-state index in [0.29, 0.717) is 0 Å². The number of thiophene rings is 1. The van der Waals surface area contributed by atoms with Gasteiger partial charge >= 0.3 is 0 Å². The lowest BCUT2D eigenvalue weighted by molar-refractivity contribution is -0.135. The van der Waals surface area contributed by atoms with Gasteiger partial charge in [0, 0.05) is 11.4 Å². The highest BCUT2D eigenvalue weighted by molar-refractivity contribution is 7.10. The molecule has 2 atom stereocenters. The van der Waals surface area contributed by atoms with Gasteiger partial charge in [-0.05, 0) is 36.3 Å². The molecule has 4 heteroatoms. The third kappa shape index (κ3) is 3.00. The molecule has 1 aliphatic heterocycles. The summed E-state index contributed by atoms with van der Waals surface area (Å²) in [4.78, 5) is 16.0. The molecule has 2 heterocycles. The Balaban J connectivity index is 2.10. The van der Waals surface area contributed by atoms with Gasteiger partial charge in [0.1, 0.15) is 0 Å². The second-order valence-corrected chi connectivity index (χ2v) is 6.25. The van der Waals surface area contributed by atoms with Crippen molar-refractivity contribution in [1.29, 1.82) is 0 Å². The van der Waals surface area contributed by atoms with Gasteiger partial charge in [0.15, 0.2) is 0 Å². The molecule has 0 saturated heterocycles. The van der Waals surface area contributed by atoms with Gasteiger partial charge in [0.25, 0.3) is 0 Å². The van der Waals surface area contributed by atoms with Crippen LogP contribution in [0.1, 0.15) is 56.0 Å². The van der Waals surface area contributed by atoms with Gasteiger partial charge in [-0.2, -0.15) is 0 Å². The second-order valence-electron chi connectivity index (χ2n) is 5.25. The second kappa shape index (κ2) is 6.53. The van der Waals surface area contributed by atoms with E-state index in [2.05, 4.69) is 25.3 Å². The predicted octanol–water partition coefficient (Wildman–Crippen LogP) is 3.10. The Kier molecular flexibility index (Phi) is 4.99. The molecule has 2 rings (SSSR count). The first-order valence-corrected chi connectivity index (χ1v) is 8.19. The lowest BCUT2D eigenvalue weighted by Crippen LogP contribution is -2.47. The van der Waals surface area contributed by atoms with Crippen LogP contribution in [0.25, 0.3) is 0 Å². The summed E-state index contributed by atoms with van der Waals surface area (Å²) < 4.78 is 0. The van der Waals surface area contributed by atoms with Crippen LogP contribution >= 0.6 is 11.3 Å². The number of rotatable bonds is 5. The predicted molar refractivity (Wildman–Crippen MR) is 80.3 cm³/mol. The molecule has 0 radical (unpaired) electrons. The minimum absolute atomic E-state index is 0.136. The van der Waals surface area contributed by atoms with Crippen LogP contribution in [0.4, 0.5) is 0 Å². The average Bonchev–Trinajstić information content (AvgIpc) is 2.91. The van der Waals surface area contributed by atoms with E-state index < -0.39 is 0 Å². The summed E-state index contributed by atoms with van der Waals surface area (Å²) in [6.45, 7) is 5.10. The summed E-state index contributed by atoms with van der Waals surface area (Å²) >= 11 is 1.81. The SMILES string of the molecule is CCCC[C@H](N)C(=O)N1CCc2sccc2C1CC. The molecule has 2 N–H and O–H groups in total. The van der Waals surface area contributed by atoms with Crippen LogP contribution in [0.3, 0.4) is 0 Å². The smallest absolute Gasteiger partial charge is 0.240 e. The van der Waals surface area contributed by atoms with Crippen molar-refractivity contribution in [3.05, 3.63) is 21.9 Å². The first kappa shape index (κ1) is 14.5. The Morgan fingerprint density at radius 3 is 3.05 bits per heavy atom. The van der Waals surface area contributed by atoms with Crippen molar-refractivity contribution >= 4 is 17.2 Å². The zero-order valence-corrected chi connectivity index (χ0v) is 12.7. The maximum Gasteiger partial charge on any atom is 0.240 e. The summed E-state index contributed by atoms with van der Waals surface area (Å²) in [6, 6.07) is 2.08. The normalized spacial score (nSPS) is 20.2. The molecule has 19 heavy (non-hydrogen) atoms. The maximum absolute atomic E-state index is 12.5. The molecule has 1 aliphatic rings. The lowest BCUT2D eigenvalue weighted by Gasteiger charge is -2.37. The van der Waals surface area contributed by atoms with Crippen LogP contribution in [-0.4, -0.2) is 23.4 Å². The molecule has 1 aromatic heterocycles. The first-order valence-electron chi connectivity index (χ1n) is 7.31. The van der Waals surface area contributed by atoms with E-state index in [0.717, 1.165) is 38.6 Å². The number of carbonyl (C=O) groups is 1. The molecule has 1 aromatic rings. The van der Waals surface area contributed by atoms with Crippen LogP contribution in [0.5, 0.6) is 0 Å². The van der Waals surface area contributed by atoms with E-state index in [-0.39, 0.29) is 18.0 Å². The maximum atomic E-state index is 12.5. The fourth-order valence-electron chi connectivity index (χ4n) is 2.86. The summed E-state index contributed by atoms with van der Waals surface area (Å²) in [5.41, 5.74) is 7.40. The number of carbonyl (C=O) groups excluding carboxylic acids is 1. The minimum atomic E-state index is -0.325. The van der Waals surface area contributed by atoms with E-state index in [4.69, 9.17) is 5.73 Å². The van der Waals surface area contributed by atoms with E-state index in [9.17, 15) is 4.79 Å². The molecule has 1 unspecified atom stereocenters.